The molecule has 0 saturated heterocycles. The van der Waals surface area contributed by atoms with Gasteiger partial charge in [0.1, 0.15) is 6.04 Å². The second-order valence-electron chi connectivity index (χ2n) is 4.90. The monoisotopic (exact) mass is 330 g/mol. The van der Waals surface area contributed by atoms with Gasteiger partial charge in [-0.2, -0.15) is 0 Å². The number of carbonyl (C=O) groups is 1. The molecule has 1 atom stereocenters. The number of anilines is 1. The zero-order chi connectivity index (χ0) is 13.9. The van der Waals surface area contributed by atoms with E-state index in [4.69, 9.17) is 0 Å². The van der Waals surface area contributed by atoms with E-state index in [1.165, 1.54) is 5.56 Å². The Labute approximate surface area is 126 Å². The van der Waals surface area contributed by atoms with Gasteiger partial charge in [0, 0.05) is 23.1 Å². The zero-order valence-corrected chi connectivity index (χ0v) is 12.5. The molecule has 2 N–H and O–H groups in total. The number of amides is 1. The van der Waals surface area contributed by atoms with Crippen molar-refractivity contribution in [2.24, 2.45) is 0 Å². The first kappa shape index (κ1) is 13.2. The molecule has 2 aromatic carbocycles. The third kappa shape index (κ3) is 2.85. The number of nitrogens with one attached hydrogen (secondary N) is 2. The molecule has 1 aliphatic rings. The van der Waals surface area contributed by atoms with E-state index < -0.39 is 0 Å². The summed E-state index contributed by atoms with van der Waals surface area (Å²) in [4.78, 5) is 12.2. The molecule has 4 heteroatoms. The Morgan fingerprint density at radius 2 is 1.95 bits per heavy atom. The maximum absolute atomic E-state index is 12.2. The predicted molar refractivity (Wildman–Crippen MR) is 83.5 cm³/mol. The molecule has 1 amide bonds. The number of carbonyl (C=O) groups excluding carboxylic acids is 1. The first-order valence-electron chi connectivity index (χ1n) is 6.59. The van der Waals surface area contributed by atoms with Crippen LogP contribution in [0, 0.1) is 0 Å². The van der Waals surface area contributed by atoms with Crippen LogP contribution < -0.4 is 10.6 Å². The van der Waals surface area contributed by atoms with E-state index >= 15 is 0 Å². The summed E-state index contributed by atoms with van der Waals surface area (Å²) >= 11 is 3.40. The largest absolute Gasteiger partial charge is 0.373 e. The smallest absolute Gasteiger partial charge is 0.243 e. The van der Waals surface area contributed by atoms with Gasteiger partial charge >= 0.3 is 0 Å². The Morgan fingerprint density at radius 1 is 1.20 bits per heavy atom. The van der Waals surface area contributed by atoms with Crippen molar-refractivity contribution in [3.05, 3.63) is 64.1 Å². The molecule has 1 aliphatic heterocycles. The van der Waals surface area contributed by atoms with Crippen LogP contribution >= 0.6 is 15.9 Å². The van der Waals surface area contributed by atoms with Crippen LogP contribution in [0.15, 0.2) is 53.0 Å². The number of rotatable bonds is 3. The van der Waals surface area contributed by atoms with E-state index in [0.29, 0.717) is 6.54 Å². The molecule has 0 unspecified atom stereocenters. The van der Waals surface area contributed by atoms with E-state index in [0.717, 1.165) is 22.1 Å². The van der Waals surface area contributed by atoms with Crippen LogP contribution in [0.2, 0.25) is 0 Å². The lowest BCUT2D eigenvalue weighted by atomic mass is 10.1. The molecule has 0 aliphatic carbocycles. The fourth-order valence-corrected chi connectivity index (χ4v) is 2.63. The molecule has 0 bridgehead atoms. The normalized spacial score (nSPS) is 16.4. The number of para-hydroxylation sites is 1. The minimum Gasteiger partial charge on any atom is -0.373 e. The van der Waals surface area contributed by atoms with Crippen molar-refractivity contribution in [2.45, 2.75) is 19.0 Å². The summed E-state index contributed by atoms with van der Waals surface area (Å²) in [6, 6.07) is 15.8. The minimum absolute atomic E-state index is 0.0455. The molecule has 3 rings (SSSR count). The topological polar surface area (TPSA) is 41.1 Å². The van der Waals surface area contributed by atoms with Gasteiger partial charge in [-0.25, -0.2) is 0 Å². The number of hydrogen-bond acceptors (Lipinski definition) is 2. The van der Waals surface area contributed by atoms with Crippen molar-refractivity contribution >= 4 is 27.5 Å². The molecule has 0 aromatic heterocycles. The predicted octanol–water partition coefficient (Wildman–Crippen LogP) is 3.10. The first-order valence-corrected chi connectivity index (χ1v) is 7.38. The highest BCUT2D eigenvalue weighted by Gasteiger charge is 2.25. The van der Waals surface area contributed by atoms with Crippen LogP contribution in [-0.4, -0.2) is 11.9 Å². The highest BCUT2D eigenvalue weighted by Crippen LogP contribution is 2.25. The maximum Gasteiger partial charge on any atom is 0.243 e. The number of halogens is 1. The first-order chi connectivity index (χ1) is 9.72. The van der Waals surface area contributed by atoms with Crippen molar-refractivity contribution in [3.63, 3.8) is 0 Å². The van der Waals surface area contributed by atoms with Gasteiger partial charge in [0.2, 0.25) is 5.91 Å². The summed E-state index contributed by atoms with van der Waals surface area (Å²) in [6.45, 7) is 0.556. The Morgan fingerprint density at radius 3 is 2.70 bits per heavy atom. The van der Waals surface area contributed by atoms with Crippen LogP contribution in [0.25, 0.3) is 0 Å². The van der Waals surface area contributed by atoms with Crippen molar-refractivity contribution in [1.82, 2.24) is 5.32 Å². The van der Waals surface area contributed by atoms with Gasteiger partial charge in [-0.05, 0) is 29.3 Å². The Hall–Kier alpha value is -1.81. The van der Waals surface area contributed by atoms with Gasteiger partial charge in [-0.1, -0.05) is 46.3 Å². The Bertz CT molecular complexity index is 600. The fourth-order valence-electron chi connectivity index (χ4n) is 2.37. The minimum atomic E-state index is -0.164. The average Bonchev–Trinajstić information content (AvgIpc) is 2.90. The molecule has 102 valence electrons. The van der Waals surface area contributed by atoms with Crippen LogP contribution in [0.4, 0.5) is 5.69 Å². The van der Waals surface area contributed by atoms with Crippen molar-refractivity contribution in [3.8, 4) is 0 Å². The molecular weight excluding hydrogens is 316 g/mol. The summed E-state index contributed by atoms with van der Waals surface area (Å²) in [7, 11) is 0. The average molecular weight is 331 g/mol. The van der Waals surface area contributed by atoms with Crippen molar-refractivity contribution < 1.29 is 4.79 Å². The van der Waals surface area contributed by atoms with Gasteiger partial charge in [-0.15, -0.1) is 0 Å². The van der Waals surface area contributed by atoms with Crippen LogP contribution in [0.3, 0.4) is 0 Å². The highest BCUT2D eigenvalue weighted by atomic mass is 79.9. The summed E-state index contributed by atoms with van der Waals surface area (Å²) in [6.07, 6.45) is 0.752. The van der Waals surface area contributed by atoms with E-state index in [1.54, 1.807) is 0 Å². The van der Waals surface area contributed by atoms with E-state index in [2.05, 4.69) is 32.6 Å². The highest BCUT2D eigenvalue weighted by molar-refractivity contribution is 9.10. The van der Waals surface area contributed by atoms with Crippen LogP contribution in [0.5, 0.6) is 0 Å². The van der Waals surface area contributed by atoms with Crippen LogP contribution in [-0.2, 0) is 17.8 Å². The standard InChI is InChI=1S/C16H15BrN2O/c17-13-7-5-11(6-8-13)10-18-16(20)15-9-12-3-1-2-4-14(12)19-15/h1-8,15,19H,9-10H2,(H,18,20)/t15-/m0/s1. The van der Waals surface area contributed by atoms with E-state index in [1.807, 2.05) is 42.5 Å². The number of fused-ring (bicyclic) bond motifs is 1. The van der Waals surface area contributed by atoms with Gasteiger partial charge in [-0.3, -0.25) is 4.79 Å². The molecule has 0 saturated carbocycles. The molecule has 0 fully saturated rings. The molecule has 0 spiro atoms. The quantitative estimate of drug-likeness (QED) is 0.907. The lowest BCUT2D eigenvalue weighted by molar-refractivity contribution is -0.121. The summed E-state index contributed by atoms with van der Waals surface area (Å²) in [5.41, 5.74) is 3.37. The van der Waals surface area contributed by atoms with Crippen molar-refractivity contribution in [1.29, 1.82) is 0 Å². The summed E-state index contributed by atoms with van der Waals surface area (Å²) in [5, 5.41) is 6.24. The zero-order valence-electron chi connectivity index (χ0n) is 10.9. The second kappa shape index (κ2) is 5.67. The summed E-state index contributed by atoms with van der Waals surface area (Å²) < 4.78 is 1.04. The fraction of sp³-hybridized carbons (Fsp3) is 0.188. The molecule has 2 aromatic rings. The SMILES string of the molecule is O=C(NCc1ccc(Br)cc1)[C@@H]1Cc2ccccc2N1. The molecule has 20 heavy (non-hydrogen) atoms. The summed E-state index contributed by atoms with van der Waals surface area (Å²) in [5.74, 6) is 0.0455. The Balaban J connectivity index is 1.57. The third-order valence-electron chi connectivity index (χ3n) is 3.47. The van der Waals surface area contributed by atoms with E-state index in [9.17, 15) is 4.79 Å². The van der Waals surface area contributed by atoms with Crippen molar-refractivity contribution in [2.75, 3.05) is 5.32 Å². The third-order valence-corrected chi connectivity index (χ3v) is 4.00. The van der Waals surface area contributed by atoms with Gasteiger partial charge in [0.05, 0.1) is 0 Å². The van der Waals surface area contributed by atoms with Gasteiger partial charge < -0.3 is 10.6 Å². The van der Waals surface area contributed by atoms with Crippen LogP contribution in [0.1, 0.15) is 11.1 Å². The molecule has 1 heterocycles. The molecular formula is C16H15BrN2O. The maximum atomic E-state index is 12.2. The van der Waals surface area contributed by atoms with Gasteiger partial charge in [0.25, 0.3) is 0 Å². The number of benzene rings is 2. The van der Waals surface area contributed by atoms with E-state index in [-0.39, 0.29) is 11.9 Å². The van der Waals surface area contributed by atoms with Gasteiger partial charge in [0.15, 0.2) is 0 Å². The lowest BCUT2D eigenvalue weighted by Gasteiger charge is -2.12. The molecule has 3 nitrogen and oxygen atoms in total. The second-order valence-corrected chi connectivity index (χ2v) is 5.82. The number of hydrogen-bond donors (Lipinski definition) is 2. The molecule has 0 radical (unpaired) electrons. The lowest BCUT2D eigenvalue weighted by Crippen LogP contribution is -2.38. The Kier molecular flexibility index (Phi) is 3.74.